The van der Waals surface area contributed by atoms with Gasteiger partial charge in [0.25, 0.3) is 0 Å². The predicted molar refractivity (Wildman–Crippen MR) is 68.8 cm³/mol. The van der Waals surface area contributed by atoms with Crippen LogP contribution in [0, 0.1) is 0 Å². The molecular weight excluding hydrogens is 252 g/mol. The number of carboxylic acids is 1. The standard InChI is InChI=1S/C12H16N2O3S/c15-11-9(3-1-2-5-13-11)14-7-10-8(12(16)17)4-6-18-10/h4,6,9,14H,1-3,5,7H2,(H,13,15)(H,16,17)/t9-/m1/s1. The maximum absolute atomic E-state index is 11.7. The molecule has 2 heterocycles. The highest BCUT2D eigenvalue weighted by Crippen LogP contribution is 2.17. The maximum Gasteiger partial charge on any atom is 0.336 e. The van der Waals surface area contributed by atoms with E-state index >= 15 is 0 Å². The summed E-state index contributed by atoms with van der Waals surface area (Å²) in [5.74, 6) is -0.903. The van der Waals surface area contributed by atoms with Crippen LogP contribution in [0.15, 0.2) is 11.4 Å². The molecular formula is C12H16N2O3S. The second-order valence-corrected chi connectivity index (χ2v) is 5.28. The van der Waals surface area contributed by atoms with Crippen LogP contribution < -0.4 is 10.6 Å². The van der Waals surface area contributed by atoms with Crippen LogP contribution in [0.25, 0.3) is 0 Å². The van der Waals surface area contributed by atoms with Crippen LogP contribution in [0.1, 0.15) is 34.5 Å². The SMILES string of the molecule is O=C(O)c1ccsc1CN[C@@H]1CCCCNC1=O. The molecule has 18 heavy (non-hydrogen) atoms. The Balaban J connectivity index is 1.95. The van der Waals surface area contributed by atoms with Crippen LogP contribution >= 0.6 is 11.3 Å². The van der Waals surface area contributed by atoms with Crippen molar-refractivity contribution in [2.45, 2.75) is 31.8 Å². The van der Waals surface area contributed by atoms with Gasteiger partial charge in [-0.05, 0) is 30.7 Å². The summed E-state index contributed by atoms with van der Waals surface area (Å²) < 4.78 is 0. The zero-order valence-corrected chi connectivity index (χ0v) is 10.8. The highest BCUT2D eigenvalue weighted by atomic mass is 32.1. The molecule has 1 aromatic heterocycles. The molecule has 3 N–H and O–H groups in total. The highest BCUT2D eigenvalue weighted by Gasteiger charge is 2.21. The van der Waals surface area contributed by atoms with Crippen molar-refractivity contribution < 1.29 is 14.7 Å². The van der Waals surface area contributed by atoms with Gasteiger partial charge in [-0.25, -0.2) is 4.79 Å². The molecule has 0 spiro atoms. The third kappa shape index (κ3) is 3.08. The number of hydrogen-bond acceptors (Lipinski definition) is 4. The van der Waals surface area contributed by atoms with E-state index < -0.39 is 5.97 Å². The smallest absolute Gasteiger partial charge is 0.336 e. The number of hydrogen-bond donors (Lipinski definition) is 3. The number of carbonyl (C=O) groups excluding carboxylic acids is 1. The van der Waals surface area contributed by atoms with Gasteiger partial charge in [0.1, 0.15) is 0 Å². The molecule has 6 heteroatoms. The molecule has 1 aliphatic heterocycles. The van der Waals surface area contributed by atoms with Gasteiger partial charge in [0.2, 0.25) is 5.91 Å². The molecule has 1 amide bonds. The number of thiophene rings is 1. The van der Waals surface area contributed by atoms with Gasteiger partial charge in [-0.3, -0.25) is 4.79 Å². The number of nitrogens with one attached hydrogen (secondary N) is 2. The molecule has 1 atom stereocenters. The van der Waals surface area contributed by atoms with E-state index in [0.29, 0.717) is 12.1 Å². The molecule has 0 unspecified atom stereocenters. The van der Waals surface area contributed by atoms with Crippen molar-refractivity contribution in [1.82, 2.24) is 10.6 Å². The first-order valence-electron chi connectivity index (χ1n) is 5.99. The Kier molecular flexibility index (Phi) is 4.33. The van der Waals surface area contributed by atoms with E-state index in [1.165, 1.54) is 11.3 Å². The molecule has 0 aromatic carbocycles. The zero-order chi connectivity index (χ0) is 13.0. The average molecular weight is 268 g/mol. The Bertz CT molecular complexity index is 444. The molecule has 1 aromatic rings. The summed E-state index contributed by atoms with van der Waals surface area (Å²) in [4.78, 5) is 23.4. The molecule has 0 aliphatic carbocycles. The number of aromatic carboxylic acids is 1. The van der Waals surface area contributed by atoms with E-state index in [0.717, 1.165) is 30.7 Å². The average Bonchev–Trinajstić information content (AvgIpc) is 2.71. The Morgan fingerprint density at radius 3 is 3.17 bits per heavy atom. The molecule has 98 valence electrons. The first-order valence-corrected chi connectivity index (χ1v) is 6.87. The summed E-state index contributed by atoms with van der Waals surface area (Å²) in [6, 6.07) is 1.38. The van der Waals surface area contributed by atoms with E-state index in [1.807, 2.05) is 0 Å². The van der Waals surface area contributed by atoms with Gasteiger partial charge in [0.05, 0.1) is 11.6 Å². The van der Waals surface area contributed by atoms with E-state index in [9.17, 15) is 9.59 Å². The summed E-state index contributed by atoms with van der Waals surface area (Å²) in [6.45, 7) is 1.16. The topological polar surface area (TPSA) is 78.4 Å². The summed E-state index contributed by atoms with van der Waals surface area (Å²) in [5, 5.41) is 16.7. The predicted octanol–water partition coefficient (Wildman–Crippen LogP) is 1.20. The van der Waals surface area contributed by atoms with Gasteiger partial charge in [-0.15, -0.1) is 11.3 Å². The van der Waals surface area contributed by atoms with Crippen molar-refractivity contribution in [1.29, 1.82) is 0 Å². The summed E-state index contributed by atoms with van der Waals surface area (Å²) in [5.41, 5.74) is 0.321. The fourth-order valence-electron chi connectivity index (χ4n) is 2.02. The first kappa shape index (κ1) is 13.0. The lowest BCUT2D eigenvalue weighted by Gasteiger charge is -2.14. The molecule has 0 bridgehead atoms. The lowest BCUT2D eigenvalue weighted by Crippen LogP contribution is -2.42. The summed E-state index contributed by atoms with van der Waals surface area (Å²) >= 11 is 1.40. The second-order valence-electron chi connectivity index (χ2n) is 4.28. The van der Waals surface area contributed by atoms with E-state index in [4.69, 9.17) is 5.11 Å². The van der Waals surface area contributed by atoms with Crippen LogP contribution in [0.3, 0.4) is 0 Å². The van der Waals surface area contributed by atoms with Crippen LogP contribution in [-0.2, 0) is 11.3 Å². The van der Waals surface area contributed by atoms with Crippen molar-refractivity contribution in [3.8, 4) is 0 Å². The van der Waals surface area contributed by atoms with Crippen LogP contribution in [0.5, 0.6) is 0 Å². The van der Waals surface area contributed by atoms with E-state index in [-0.39, 0.29) is 11.9 Å². The van der Waals surface area contributed by atoms with Crippen molar-refractivity contribution in [3.05, 3.63) is 21.9 Å². The van der Waals surface area contributed by atoms with Gasteiger partial charge in [-0.1, -0.05) is 0 Å². The number of rotatable bonds is 4. The molecule has 1 aliphatic rings. The van der Waals surface area contributed by atoms with Gasteiger partial charge >= 0.3 is 5.97 Å². The Morgan fingerprint density at radius 2 is 2.39 bits per heavy atom. The van der Waals surface area contributed by atoms with Crippen molar-refractivity contribution in [2.75, 3.05) is 6.54 Å². The van der Waals surface area contributed by atoms with Crippen molar-refractivity contribution in [2.24, 2.45) is 0 Å². The Labute approximate surface area is 109 Å². The number of amides is 1. The molecule has 1 saturated heterocycles. The Hall–Kier alpha value is -1.40. The molecule has 0 radical (unpaired) electrons. The van der Waals surface area contributed by atoms with E-state index in [1.54, 1.807) is 11.4 Å². The quantitative estimate of drug-likeness (QED) is 0.767. The zero-order valence-electron chi connectivity index (χ0n) is 9.94. The lowest BCUT2D eigenvalue weighted by atomic mass is 10.1. The van der Waals surface area contributed by atoms with E-state index in [2.05, 4.69) is 10.6 Å². The van der Waals surface area contributed by atoms with Gasteiger partial charge in [0, 0.05) is 18.0 Å². The van der Waals surface area contributed by atoms with Gasteiger partial charge in [0.15, 0.2) is 0 Å². The maximum atomic E-state index is 11.7. The minimum absolute atomic E-state index is 0.0148. The fraction of sp³-hybridized carbons (Fsp3) is 0.500. The van der Waals surface area contributed by atoms with Crippen LogP contribution in [0.4, 0.5) is 0 Å². The molecule has 2 rings (SSSR count). The molecule has 5 nitrogen and oxygen atoms in total. The third-order valence-electron chi connectivity index (χ3n) is 3.02. The highest BCUT2D eigenvalue weighted by molar-refractivity contribution is 7.10. The number of carboxylic acid groups (broad SMARTS) is 1. The first-order chi connectivity index (χ1) is 8.68. The fourth-order valence-corrected chi connectivity index (χ4v) is 2.84. The third-order valence-corrected chi connectivity index (χ3v) is 3.94. The van der Waals surface area contributed by atoms with Gasteiger partial charge < -0.3 is 15.7 Å². The lowest BCUT2D eigenvalue weighted by molar-refractivity contribution is -0.122. The minimum Gasteiger partial charge on any atom is -0.478 e. The van der Waals surface area contributed by atoms with Crippen LogP contribution in [0.2, 0.25) is 0 Å². The number of carbonyl (C=O) groups is 2. The summed E-state index contributed by atoms with van der Waals surface area (Å²) in [6.07, 6.45) is 2.82. The second kappa shape index (κ2) is 5.97. The van der Waals surface area contributed by atoms with Crippen molar-refractivity contribution in [3.63, 3.8) is 0 Å². The summed E-state index contributed by atoms with van der Waals surface area (Å²) in [7, 11) is 0. The van der Waals surface area contributed by atoms with Gasteiger partial charge in [-0.2, -0.15) is 0 Å². The largest absolute Gasteiger partial charge is 0.478 e. The van der Waals surface area contributed by atoms with Crippen LogP contribution in [-0.4, -0.2) is 29.6 Å². The molecule has 0 saturated carbocycles. The normalized spacial score (nSPS) is 20.2. The minimum atomic E-state index is -0.918. The molecule has 1 fully saturated rings. The van der Waals surface area contributed by atoms with Crippen molar-refractivity contribution >= 4 is 23.2 Å². The monoisotopic (exact) mass is 268 g/mol. The Morgan fingerprint density at radius 1 is 1.56 bits per heavy atom.